The van der Waals surface area contributed by atoms with Crippen molar-refractivity contribution in [1.82, 2.24) is 0 Å². The molecule has 0 saturated carbocycles. The SMILES string of the molecule is Cc1ccc(CNc2cc(S(C)(=O)=O)ccc2Cl)cc1Cl. The Morgan fingerprint density at radius 1 is 1.05 bits per heavy atom. The number of benzene rings is 2. The molecule has 21 heavy (non-hydrogen) atoms. The normalized spacial score (nSPS) is 11.4. The minimum Gasteiger partial charge on any atom is -0.380 e. The zero-order chi connectivity index (χ0) is 15.6. The van der Waals surface area contributed by atoms with Crippen LogP contribution >= 0.6 is 23.2 Å². The topological polar surface area (TPSA) is 46.2 Å². The van der Waals surface area contributed by atoms with Crippen LogP contribution in [0.1, 0.15) is 11.1 Å². The zero-order valence-corrected chi connectivity index (χ0v) is 14.0. The standard InChI is InChI=1S/C15H15Cl2NO2S/c1-10-3-4-11(7-14(10)17)9-18-15-8-12(21(2,19)20)5-6-13(15)16/h3-8,18H,9H2,1-2H3. The van der Waals surface area contributed by atoms with Gasteiger partial charge in [-0.25, -0.2) is 8.42 Å². The summed E-state index contributed by atoms with van der Waals surface area (Å²) in [6, 6.07) is 10.4. The van der Waals surface area contributed by atoms with E-state index in [-0.39, 0.29) is 4.90 Å². The minimum absolute atomic E-state index is 0.233. The highest BCUT2D eigenvalue weighted by Gasteiger charge is 2.10. The Balaban J connectivity index is 2.21. The van der Waals surface area contributed by atoms with Gasteiger partial charge in [0.2, 0.25) is 0 Å². The molecule has 1 N–H and O–H groups in total. The smallest absolute Gasteiger partial charge is 0.175 e. The van der Waals surface area contributed by atoms with Crippen molar-refractivity contribution in [2.24, 2.45) is 0 Å². The van der Waals surface area contributed by atoms with E-state index < -0.39 is 9.84 Å². The van der Waals surface area contributed by atoms with Gasteiger partial charge in [-0.15, -0.1) is 0 Å². The van der Waals surface area contributed by atoms with Crippen molar-refractivity contribution in [2.75, 3.05) is 11.6 Å². The lowest BCUT2D eigenvalue weighted by Gasteiger charge is -2.11. The van der Waals surface area contributed by atoms with E-state index in [2.05, 4.69) is 5.32 Å². The average Bonchev–Trinajstić information content (AvgIpc) is 2.40. The first-order chi connectivity index (χ1) is 9.77. The molecule has 0 unspecified atom stereocenters. The third-order valence-electron chi connectivity index (χ3n) is 3.09. The predicted molar refractivity (Wildman–Crippen MR) is 88.1 cm³/mol. The summed E-state index contributed by atoms with van der Waals surface area (Å²) in [6.45, 7) is 2.44. The van der Waals surface area contributed by atoms with Crippen LogP contribution in [0.15, 0.2) is 41.3 Å². The van der Waals surface area contributed by atoms with Crippen LogP contribution in [0.3, 0.4) is 0 Å². The second kappa shape index (κ2) is 6.26. The van der Waals surface area contributed by atoms with Gasteiger partial charge < -0.3 is 5.32 Å². The summed E-state index contributed by atoms with van der Waals surface area (Å²) >= 11 is 12.2. The van der Waals surface area contributed by atoms with Crippen LogP contribution in [0, 0.1) is 6.92 Å². The van der Waals surface area contributed by atoms with Crippen LogP contribution in [0.4, 0.5) is 5.69 Å². The number of hydrogen-bond donors (Lipinski definition) is 1. The van der Waals surface area contributed by atoms with E-state index in [9.17, 15) is 8.42 Å². The van der Waals surface area contributed by atoms with Crippen LogP contribution < -0.4 is 5.32 Å². The van der Waals surface area contributed by atoms with Crippen LogP contribution in [0.5, 0.6) is 0 Å². The molecule has 0 bridgehead atoms. The lowest BCUT2D eigenvalue weighted by molar-refractivity contribution is 0.602. The van der Waals surface area contributed by atoms with Crippen molar-refractivity contribution >= 4 is 38.7 Å². The second-order valence-corrected chi connectivity index (χ2v) is 7.68. The fourth-order valence-electron chi connectivity index (χ4n) is 1.81. The van der Waals surface area contributed by atoms with Gasteiger partial charge in [-0.2, -0.15) is 0 Å². The summed E-state index contributed by atoms with van der Waals surface area (Å²) in [6.07, 6.45) is 1.17. The monoisotopic (exact) mass is 343 g/mol. The number of sulfone groups is 1. The Bertz CT molecular complexity index is 773. The first-order valence-electron chi connectivity index (χ1n) is 6.26. The van der Waals surface area contributed by atoms with E-state index in [1.807, 2.05) is 25.1 Å². The Hall–Kier alpha value is -1.23. The van der Waals surface area contributed by atoms with Gasteiger partial charge in [-0.05, 0) is 42.3 Å². The number of aryl methyl sites for hydroxylation is 1. The molecule has 0 radical (unpaired) electrons. The Morgan fingerprint density at radius 3 is 2.38 bits per heavy atom. The van der Waals surface area contributed by atoms with Crippen molar-refractivity contribution in [1.29, 1.82) is 0 Å². The average molecular weight is 344 g/mol. The molecular formula is C15H15Cl2NO2S. The van der Waals surface area contributed by atoms with Gasteiger partial charge in [-0.1, -0.05) is 35.3 Å². The molecule has 0 saturated heterocycles. The molecule has 0 aliphatic rings. The van der Waals surface area contributed by atoms with E-state index in [0.29, 0.717) is 22.3 Å². The molecular weight excluding hydrogens is 329 g/mol. The lowest BCUT2D eigenvalue weighted by atomic mass is 10.1. The summed E-state index contributed by atoms with van der Waals surface area (Å²) in [4.78, 5) is 0.233. The highest BCUT2D eigenvalue weighted by atomic mass is 35.5. The summed E-state index contributed by atoms with van der Waals surface area (Å²) in [5, 5.41) is 4.31. The molecule has 0 fully saturated rings. The lowest BCUT2D eigenvalue weighted by Crippen LogP contribution is -2.03. The summed E-state index contributed by atoms with van der Waals surface area (Å²) < 4.78 is 23.1. The first kappa shape index (κ1) is 16.1. The molecule has 6 heteroatoms. The van der Waals surface area contributed by atoms with Gasteiger partial charge in [0, 0.05) is 17.8 Å². The van der Waals surface area contributed by atoms with Crippen molar-refractivity contribution in [3.8, 4) is 0 Å². The molecule has 0 heterocycles. The first-order valence-corrected chi connectivity index (χ1v) is 8.90. The largest absolute Gasteiger partial charge is 0.380 e. The van der Waals surface area contributed by atoms with Crippen molar-refractivity contribution in [2.45, 2.75) is 18.4 Å². The number of rotatable bonds is 4. The van der Waals surface area contributed by atoms with Gasteiger partial charge in [-0.3, -0.25) is 0 Å². The molecule has 0 amide bonds. The van der Waals surface area contributed by atoms with Crippen LogP contribution in [0.25, 0.3) is 0 Å². The fourth-order valence-corrected chi connectivity index (χ4v) is 2.85. The Kier molecular flexibility index (Phi) is 4.81. The van der Waals surface area contributed by atoms with Crippen molar-refractivity contribution < 1.29 is 8.42 Å². The second-order valence-electron chi connectivity index (χ2n) is 4.85. The van der Waals surface area contributed by atoms with Crippen LogP contribution in [-0.2, 0) is 16.4 Å². The van der Waals surface area contributed by atoms with Gasteiger partial charge in [0.25, 0.3) is 0 Å². The molecule has 0 aromatic heterocycles. The number of halogens is 2. The van der Waals surface area contributed by atoms with E-state index in [0.717, 1.165) is 11.1 Å². The maximum absolute atomic E-state index is 11.6. The molecule has 112 valence electrons. The van der Waals surface area contributed by atoms with E-state index >= 15 is 0 Å². The number of hydrogen-bond acceptors (Lipinski definition) is 3. The molecule has 2 rings (SSSR count). The molecule has 0 atom stereocenters. The molecule has 3 nitrogen and oxygen atoms in total. The number of nitrogens with one attached hydrogen (secondary N) is 1. The zero-order valence-electron chi connectivity index (χ0n) is 11.7. The van der Waals surface area contributed by atoms with E-state index in [1.54, 1.807) is 6.07 Å². The molecule has 2 aromatic rings. The molecule has 0 aliphatic heterocycles. The maximum Gasteiger partial charge on any atom is 0.175 e. The maximum atomic E-state index is 11.6. The summed E-state index contributed by atoms with van der Waals surface area (Å²) in [7, 11) is -3.26. The summed E-state index contributed by atoms with van der Waals surface area (Å²) in [5.41, 5.74) is 2.58. The molecule has 0 spiro atoms. The minimum atomic E-state index is -3.26. The Labute approximate surface area is 134 Å². The van der Waals surface area contributed by atoms with Crippen LogP contribution in [0.2, 0.25) is 10.0 Å². The van der Waals surface area contributed by atoms with Crippen molar-refractivity contribution in [3.63, 3.8) is 0 Å². The van der Waals surface area contributed by atoms with Gasteiger partial charge in [0.05, 0.1) is 15.6 Å². The molecule has 2 aromatic carbocycles. The van der Waals surface area contributed by atoms with E-state index in [1.165, 1.54) is 18.4 Å². The summed E-state index contributed by atoms with van der Waals surface area (Å²) in [5.74, 6) is 0. The number of anilines is 1. The van der Waals surface area contributed by atoms with Gasteiger partial charge >= 0.3 is 0 Å². The molecule has 0 aliphatic carbocycles. The van der Waals surface area contributed by atoms with Crippen LogP contribution in [-0.4, -0.2) is 14.7 Å². The quantitative estimate of drug-likeness (QED) is 0.899. The van der Waals surface area contributed by atoms with Crippen molar-refractivity contribution in [3.05, 3.63) is 57.6 Å². The fraction of sp³-hybridized carbons (Fsp3) is 0.200. The Morgan fingerprint density at radius 2 is 1.76 bits per heavy atom. The third kappa shape index (κ3) is 4.13. The highest BCUT2D eigenvalue weighted by Crippen LogP contribution is 2.26. The van der Waals surface area contributed by atoms with E-state index in [4.69, 9.17) is 23.2 Å². The van der Waals surface area contributed by atoms with Gasteiger partial charge in [0.1, 0.15) is 0 Å². The predicted octanol–water partition coefficient (Wildman–Crippen LogP) is 4.32. The highest BCUT2D eigenvalue weighted by molar-refractivity contribution is 7.90. The van der Waals surface area contributed by atoms with Gasteiger partial charge in [0.15, 0.2) is 9.84 Å². The third-order valence-corrected chi connectivity index (χ3v) is 4.93.